The van der Waals surface area contributed by atoms with Crippen molar-refractivity contribution in [1.82, 2.24) is 0 Å². The molecule has 132 valence electrons. The molecule has 25 heavy (non-hydrogen) atoms. The zero-order chi connectivity index (χ0) is 16.8. The van der Waals surface area contributed by atoms with Crippen LogP contribution in [0.1, 0.15) is 24.8 Å². The lowest BCUT2D eigenvalue weighted by atomic mass is 10.0. The fourth-order valence-corrected chi connectivity index (χ4v) is 3.05. The molecule has 4 heteroatoms. The van der Waals surface area contributed by atoms with Crippen LogP contribution in [0.4, 0.5) is 5.69 Å². The van der Waals surface area contributed by atoms with E-state index in [9.17, 15) is 4.79 Å². The van der Waals surface area contributed by atoms with Crippen molar-refractivity contribution in [3.8, 4) is 11.1 Å². The largest absolute Gasteiger partial charge is 0.388 e. The van der Waals surface area contributed by atoms with Crippen LogP contribution >= 0.6 is 12.4 Å². The van der Waals surface area contributed by atoms with E-state index in [1.54, 1.807) is 6.08 Å². The van der Waals surface area contributed by atoms with Gasteiger partial charge < -0.3 is 10.0 Å². The Morgan fingerprint density at radius 1 is 0.920 bits per heavy atom. The Balaban J connectivity index is 0.00000225. The van der Waals surface area contributed by atoms with E-state index in [1.807, 2.05) is 12.1 Å². The number of halogens is 1. The Morgan fingerprint density at radius 3 is 2.04 bits per heavy atom. The summed E-state index contributed by atoms with van der Waals surface area (Å²) in [6.45, 7) is 1.87. The van der Waals surface area contributed by atoms with Crippen molar-refractivity contribution >= 4 is 30.0 Å². The molecule has 0 aromatic heterocycles. The van der Waals surface area contributed by atoms with E-state index in [4.69, 9.17) is 5.11 Å². The number of benzene rings is 2. The van der Waals surface area contributed by atoms with Gasteiger partial charge in [-0.05, 0) is 54.2 Å². The maximum Gasteiger partial charge on any atom is 0.181 e. The second-order valence-electron chi connectivity index (χ2n) is 6.17. The van der Waals surface area contributed by atoms with E-state index in [1.165, 1.54) is 36.6 Å². The SMILES string of the molecule is Cl.O=C(/C=C/c1ccc(-c2ccc(N3CCCCC3)cc2)cc1)CO. The van der Waals surface area contributed by atoms with Gasteiger partial charge in [-0.3, -0.25) is 4.79 Å². The predicted octanol–water partition coefficient (Wildman–Crippen LogP) is 4.34. The maximum absolute atomic E-state index is 11.1. The third-order valence-corrected chi connectivity index (χ3v) is 4.45. The van der Waals surface area contributed by atoms with Crippen LogP contribution in [0, 0.1) is 0 Å². The molecule has 1 N–H and O–H groups in total. The fourth-order valence-electron chi connectivity index (χ4n) is 3.05. The molecule has 2 aromatic rings. The highest BCUT2D eigenvalue weighted by Gasteiger charge is 2.10. The highest BCUT2D eigenvalue weighted by Crippen LogP contribution is 2.25. The quantitative estimate of drug-likeness (QED) is 0.809. The number of piperidine rings is 1. The Labute approximate surface area is 155 Å². The number of aliphatic hydroxyl groups is 1. The Bertz CT molecular complexity index is 702. The molecule has 1 heterocycles. The van der Waals surface area contributed by atoms with Crippen molar-refractivity contribution in [3.63, 3.8) is 0 Å². The van der Waals surface area contributed by atoms with Gasteiger partial charge in [-0.15, -0.1) is 12.4 Å². The monoisotopic (exact) mass is 357 g/mol. The summed E-state index contributed by atoms with van der Waals surface area (Å²) in [4.78, 5) is 13.6. The predicted molar refractivity (Wildman–Crippen MR) is 106 cm³/mol. The van der Waals surface area contributed by atoms with Crippen molar-refractivity contribution in [3.05, 3.63) is 60.2 Å². The average Bonchev–Trinajstić information content (AvgIpc) is 2.67. The van der Waals surface area contributed by atoms with Crippen molar-refractivity contribution in [1.29, 1.82) is 0 Å². The fraction of sp³-hybridized carbons (Fsp3) is 0.286. The van der Waals surface area contributed by atoms with E-state index >= 15 is 0 Å². The number of carbonyl (C=O) groups excluding carboxylic acids is 1. The van der Waals surface area contributed by atoms with Crippen LogP contribution in [-0.2, 0) is 4.79 Å². The number of anilines is 1. The van der Waals surface area contributed by atoms with Gasteiger partial charge in [-0.2, -0.15) is 0 Å². The summed E-state index contributed by atoms with van der Waals surface area (Å²) in [5, 5.41) is 8.72. The number of nitrogens with zero attached hydrogens (tertiary/aromatic N) is 1. The number of hydrogen-bond donors (Lipinski definition) is 1. The Kier molecular flexibility index (Phi) is 7.23. The van der Waals surface area contributed by atoms with Gasteiger partial charge in [0.15, 0.2) is 5.78 Å². The summed E-state index contributed by atoms with van der Waals surface area (Å²) in [6, 6.07) is 16.8. The molecule has 0 amide bonds. The van der Waals surface area contributed by atoms with Gasteiger partial charge in [-0.25, -0.2) is 0 Å². The van der Waals surface area contributed by atoms with Crippen LogP contribution in [-0.4, -0.2) is 30.6 Å². The molecule has 3 nitrogen and oxygen atoms in total. The molecule has 1 aliphatic heterocycles. The van der Waals surface area contributed by atoms with E-state index in [2.05, 4.69) is 41.3 Å². The molecule has 0 spiro atoms. The van der Waals surface area contributed by atoms with E-state index in [-0.39, 0.29) is 18.2 Å². The molecule has 0 aliphatic carbocycles. The van der Waals surface area contributed by atoms with E-state index < -0.39 is 6.61 Å². The molecule has 0 radical (unpaired) electrons. The van der Waals surface area contributed by atoms with Crippen LogP contribution in [0.2, 0.25) is 0 Å². The lowest BCUT2D eigenvalue weighted by molar-refractivity contribution is -0.117. The van der Waals surface area contributed by atoms with Crippen LogP contribution in [0.15, 0.2) is 54.6 Å². The Morgan fingerprint density at radius 2 is 1.48 bits per heavy atom. The summed E-state index contributed by atoms with van der Waals surface area (Å²) in [6.07, 6.45) is 7.05. The third-order valence-electron chi connectivity index (χ3n) is 4.45. The van der Waals surface area contributed by atoms with Crippen LogP contribution in [0.5, 0.6) is 0 Å². The van der Waals surface area contributed by atoms with Crippen molar-refractivity contribution in [2.45, 2.75) is 19.3 Å². The first-order chi connectivity index (χ1) is 11.8. The molecular weight excluding hydrogens is 334 g/mol. The zero-order valence-corrected chi connectivity index (χ0v) is 15.0. The smallest absolute Gasteiger partial charge is 0.181 e. The number of aliphatic hydroxyl groups excluding tert-OH is 1. The maximum atomic E-state index is 11.1. The van der Waals surface area contributed by atoms with Crippen molar-refractivity contribution < 1.29 is 9.90 Å². The standard InChI is InChI=1S/C21H23NO2.ClH/c23-16-21(24)13-6-17-4-7-18(8-5-17)19-9-11-20(12-10-19)22-14-2-1-3-15-22;/h4-13,23H,1-3,14-16H2;1H/b13-6+;. The minimum atomic E-state index is -0.446. The first kappa shape index (κ1) is 19.2. The van der Waals surface area contributed by atoms with Gasteiger partial charge in [0.25, 0.3) is 0 Å². The lowest BCUT2D eigenvalue weighted by Gasteiger charge is -2.28. The van der Waals surface area contributed by atoms with E-state index in [0.717, 1.165) is 24.2 Å². The summed E-state index contributed by atoms with van der Waals surface area (Å²) in [5.41, 5.74) is 4.61. The van der Waals surface area contributed by atoms with Crippen LogP contribution in [0.3, 0.4) is 0 Å². The van der Waals surface area contributed by atoms with E-state index in [0.29, 0.717) is 0 Å². The number of rotatable bonds is 5. The summed E-state index contributed by atoms with van der Waals surface area (Å²) in [5.74, 6) is -0.285. The third kappa shape index (κ3) is 5.18. The molecule has 0 saturated carbocycles. The number of hydrogen-bond acceptors (Lipinski definition) is 3. The highest BCUT2D eigenvalue weighted by molar-refractivity contribution is 5.94. The normalized spacial score (nSPS) is 14.4. The molecule has 0 unspecified atom stereocenters. The van der Waals surface area contributed by atoms with Gasteiger partial charge in [0.2, 0.25) is 0 Å². The first-order valence-corrected chi connectivity index (χ1v) is 8.53. The summed E-state index contributed by atoms with van der Waals surface area (Å²) < 4.78 is 0. The zero-order valence-electron chi connectivity index (χ0n) is 14.2. The van der Waals surface area contributed by atoms with Crippen LogP contribution in [0.25, 0.3) is 17.2 Å². The number of ketones is 1. The Hall–Kier alpha value is -2.10. The summed E-state index contributed by atoms with van der Waals surface area (Å²) in [7, 11) is 0. The molecule has 1 aliphatic rings. The van der Waals surface area contributed by atoms with Crippen molar-refractivity contribution in [2.75, 3.05) is 24.6 Å². The van der Waals surface area contributed by atoms with Crippen molar-refractivity contribution in [2.24, 2.45) is 0 Å². The minimum absolute atomic E-state index is 0. The van der Waals surface area contributed by atoms with Gasteiger partial charge in [0.1, 0.15) is 6.61 Å². The summed E-state index contributed by atoms with van der Waals surface area (Å²) >= 11 is 0. The van der Waals surface area contributed by atoms with Crippen LogP contribution < -0.4 is 4.90 Å². The van der Waals surface area contributed by atoms with Gasteiger partial charge >= 0.3 is 0 Å². The van der Waals surface area contributed by atoms with Gasteiger partial charge in [0, 0.05) is 18.8 Å². The van der Waals surface area contributed by atoms with Gasteiger partial charge in [0.05, 0.1) is 0 Å². The number of carbonyl (C=O) groups is 1. The molecule has 0 bridgehead atoms. The second kappa shape index (κ2) is 9.40. The average molecular weight is 358 g/mol. The molecule has 1 saturated heterocycles. The topological polar surface area (TPSA) is 40.5 Å². The van der Waals surface area contributed by atoms with Gasteiger partial charge in [-0.1, -0.05) is 42.5 Å². The second-order valence-corrected chi connectivity index (χ2v) is 6.17. The highest BCUT2D eigenvalue weighted by atomic mass is 35.5. The molecule has 3 rings (SSSR count). The molecule has 2 aromatic carbocycles. The lowest BCUT2D eigenvalue weighted by Crippen LogP contribution is -2.29. The molecule has 0 atom stereocenters. The first-order valence-electron chi connectivity index (χ1n) is 8.53. The molecular formula is C21H24ClNO2. The minimum Gasteiger partial charge on any atom is -0.388 e. The molecule has 1 fully saturated rings.